The molecule has 0 aliphatic rings. The minimum atomic E-state index is -4.41. The van der Waals surface area contributed by atoms with Crippen LogP contribution in [-0.2, 0) is 6.18 Å². The van der Waals surface area contributed by atoms with Gasteiger partial charge < -0.3 is 5.32 Å². The standard InChI is InChI=1S/C15H17F3N4S/c1-8(2)20-13-9(3)22-14(10(4)21-13)23-12-5-11(6-19-7-12)15(16,17)18/h5-8H,1-4H3,(H,20,21). The minimum absolute atomic E-state index is 0.216. The largest absolute Gasteiger partial charge is 0.417 e. The van der Waals surface area contributed by atoms with Crippen LogP contribution in [0, 0.1) is 13.8 Å². The van der Waals surface area contributed by atoms with Gasteiger partial charge in [-0.3, -0.25) is 4.98 Å². The highest BCUT2D eigenvalue weighted by Crippen LogP contribution is 2.34. The van der Waals surface area contributed by atoms with E-state index in [4.69, 9.17) is 0 Å². The van der Waals surface area contributed by atoms with Crippen LogP contribution in [0.15, 0.2) is 28.4 Å². The van der Waals surface area contributed by atoms with Crippen molar-refractivity contribution in [3.63, 3.8) is 0 Å². The van der Waals surface area contributed by atoms with Crippen molar-refractivity contribution in [2.24, 2.45) is 0 Å². The van der Waals surface area contributed by atoms with Crippen LogP contribution in [0.3, 0.4) is 0 Å². The molecule has 0 radical (unpaired) electrons. The summed E-state index contributed by atoms with van der Waals surface area (Å²) >= 11 is 1.12. The van der Waals surface area contributed by atoms with Gasteiger partial charge in [-0.05, 0) is 33.8 Å². The SMILES string of the molecule is Cc1nc(Sc2cncc(C(F)(F)F)c2)c(C)nc1NC(C)C. The Morgan fingerprint density at radius 1 is 1.09 bits per heavy atom. The van der Waals surface area contributed by atoms with Crippen molar-refractivity contribution in [2.75, 3.05) is 5.32 Å². The summed E-state index contributed by atoms with van der Waals surface area (Å²) in [4.78, 5) is 12.9. The van der Waals surface area contributed by atoms with Crippen LogP contribution in [0.2, 0.25) is 0 Å². The third kappa shape index (κ3) is 4.57. The first-order valence-corrected chi connectivity index (χ1v) is 7.80. The Kier molecular flexibility index (Phi) is 5.13. The lowest BCUT2D eigenvalue weighted by molar-refractivity contribution is -0.138. The number of alkyl halides is 3. The predicted molar refractivity (Wildman–Crippen MR) is 83.6 cm³/mol. The van der Waals surface area contributed by atoms with Crippen LogP contribution >= 0.6 is 11.8 Å². The summed E-state index contributed by atoms with van der Waals surface area (Å²) in [5.41, 5.74) is 0.579. The Morgan fingerprint density at radius 2 is 1.78 bits per heavy atom. The normalized spacial score (nSPS) is 11.8. The fourth-order valence-electron chi connectivity index (χ4n) is 1.83. The molecule has 124 valence electrons. The van der Waals surface area contributed by atoms with E-state index in [-0.39, 0.29) is 6.04 Å². The Balaban J connectivity index is 2.29. The molecule has 0 unspecified atom stereocenters. The molecule has 0 aromatic carbocycles. The molecule has 0 aliphatic heterocycles. The maximum atomic E-state index is 12.7. The number of pyridine rings is 1. The van der Waals surface area contributed by atoms with Crippen molar-refractivity contribution < 1.29 is 13.2 Å². The molecule has 2 heterocycles. The lowest BCUT2D eigenvalue weighted by Crippen LogP contribution is -2.14. The van der Waals surface area contributed by atoms with E-state index in [1.165, 1.54) is 6.20 Å². The molecule has 0 amide bonds. The van der Waals surface area contributed by atoms with E-state index in [1.807, 2.05) is 20.8 Å². The number of rotatable bonds is 4. The third-order valence-corrected chi connectivity index (χ3v) is 3.92. The summed E-state index contributed by atoms with van der Waals surface area (Å²) in [6, 6.07) is 1.28. The number of halogens is 3. The van der Waals surface area contributed by atoms with Gasteiger partial charge >= 0.3 is 6.18 Å². The van der Waals surface area contributed by atoms with Crippen molar-refractivity contribution in [1.29, 1.82) is 0 Å². The summed E-state index contributed by atoms with van der Waals surface area (Å²) in [7, 11) is 0. The number of aromatic nitrogens is 3. The minimum Gasteiger partial charge on any atom is -0.366 e. The molecule has 4 nitrogen and oxygen atoms in total. The summed E-state index contributed by atoms with van der Waals surface area (Å²) in [5.74, 6) is 0.684. The zero-order valence-electron chi connectivity index (χ0n) is 13.2. The zero-order valence-corrected chi connectivity index (χ0v) is 14.0. The monoisotopic (exact) mass is 342 g/mol. The fraction of sp³-hybridized carbons (Fsp3) is 0.400. The topological polar surface area (TPSA) is 50.7 Å². The molecular formula is C15H17F3N4S. The van der Waals surface area contributed by atoms with Crippen molar-refractivity contribution in [3.05, 3.63) is 35.4 Å². The number of hydrogen-bond acceptors (Lipinski definition) is 5. The van der Waals surface area contributed by atoms with Gasteiger partial charge in [0.2, 0.25) is 0 Å². The molecule has 0 aliphatic carbocycles. The van der Waals surface area contributed by atoms with Crippen molar-refractivity contribution in [1.82, 2.24) is 15.0 Å². The second kappa shape index (κ2) is 6.74. The zero-order chi connectivity index (χ0) is 17.2. The van der Waals surface area contributed by atoms with Crippen molar-refractivity contribution in [2.45, 2.75) is 49.8 Å². The number of hydrogen-bond donors (Lipinski definition) is 1. The van der Waals surface area contributed by atoms with Crippen molar-refractivity contribution in [3.8, 4) is 0 Å². The molecule has 0 atom stereocenters. The predicted octanol–water partition coefficient (Wildman–Crippen LogP) is 4.48. The van der Waals surface area contributed by atoms with Gasteiger partial charge in [-0.25, -0.2) is 9.97 Å². The number of nitrogens with one attached hydrogen (secondary N) is 1. The van der Waals surface area contributed by atoms with Crippen LogP contribution < -0.4 is 5.32 Å². The van der Waals surface area contributed by atoms with Gasteiger partial charge in [0.15, 0.2) is 0 Å². The quantitative estimate of drug-likeness (QED) is 0.888. The molecule has 2 aromatic heterocycles. The molecular weight excluding hydrogens is 325 g/mol. The molecule has 8 heteroatoms. The molecule has 0 saturated carbocycles. The average Bonchev–Trinajstić information content (AvgIpc) is 2.43. The van der Waals surface area contributed by atoms with Gasteiger partial charge in [0, 0.05) is 23.3 Å². The van der Waals surface area contributed by atoms with Crippen molar-refractivity contribution >= 4 is 17.6 Å². The molecule has 1 N–H and O–H groups in total. The van der Waals surface area contributed by atoms with Crippen LogP contribution in [0.25, 0.3) is 0 Å². The summed E-state index contributed by atoms with van der Waals surface area (Å²) in [5, 5.41) is 3.76. The maximum Gasteiger partial charge on any atom is 0.417 e. The van der Waals surface area contributed by atoms with E-state index >= 15 is 0 Å². The Hall–Kier alpha value is -1.83. The van der Waals surface area contributed by atoms with E-state index < -0.39 is 11.7 Å². The highest BCUT2D eigenvalue weighted by atomic mass is 32.2. The highest BCUT2D eigenvalue weighted by Gasteiger charge is 2.31. The lowest BCUT2D eigenvalue weighted by Gasteiger charge is -2.14. The van der Waals surface area contributed by atoms with E-state index in [9.17, 15) is 13.2 Å². The first-order chi connectivity index (χ1) is 10.7. The molecule has 0 fully saturated rings. The summed E-state index contributed by atoms with van der Waals surface area (Å²) < 4.78 is 38.2. The van der Waals surface area contributed by atoms with E-state index in [1.54, 1.807) is 6.92 Å². The molecule has 0 spiro atoms. The average molecular weight is 342 g/mol. The lowest BCUT2D eigenvalue weighted by atomic mass is 10.3. The van der Waals surface area contributed by atoms with E-state index in [0.29, 0.717) is 27.1 Å². The Labute approximate surface area is 137 Å². The van der Waals surface area contributed by atoms with Gasteiger partial charge in [-0.2, -0.15) is 13.2 Å². The Morgan fingerprint density at radius 3 is 2.39 bits per heavy atom. The second-order valence-electron chi connectivity index (χ2n) is 5.36. The number of anilines is 1. The molecule has 2 rings (SSSR count). The molecule has 23 heavy (non-hydrogen) atoms. The van der Waals surface area contributed by atoms with Crippen LogP contribution in [0.1, 0.15) is 30.8 Å². The molecule has 2 aromatic rings. The van der Waals surface area contributed by atoms with Gasteiger partial charge in [0.05, 0.1) is 17.0 Å². The smallest absolute Gasteiger partial charge is 0.366 e. The third-order valence-electron chi connectivity index (χ3n) is 2.88. The van der Waals surface area contributed by atoms with E-state index in [2.05, 4.69) is 20.3 Å². The number of nitrogens with zero attached hydrogens (tertiary/aromatic N) is 3. The first kappa shape index (κ1) is 17.5. The van der Waals surface area contributed by atoms with Gasteiger partial charge in [-0.15, -0.1) is 0 Å². The Bertz CT molecular complexity index is 702. The molecule has 0 saturated heterocycles. The van der Waals surface area contributed by atoms with Crippen LogP contribution in [0.4, 0.5) is 19.0 Å². The fourth-order valence-corrected chi connectivity index (χ4v) is 2.73. The summed E-state index contributed by atoms with van der Waals surface area (Å²) in [6.07, 6.45) is -2.22. The highest BCUT2D eigenvalue weighted by molar-refractivity contribution is 7.99. The second-order valence-corrected chi connectivity index (χ2v) is 6.42. The maximum absolute atomic E-state index is 12.7. The van der Waals surface area contributed by atoms with Crippen LogP contribution in [-0.4, -0.2) is 21.0 Å². The first-order valence-electron chi connectivity index (χ1n) is 6.98. The van der Waals surface area contributed by atoms with Gasteiger partial charge in [-0.1, -0.05) is 11.8 Å². The number of aryl methyl sites for hydroxylation is 2. The van der Waals surface area contributed by atoms with Gasteiger partial charge in [0.1, 0.15) is 10.8 Å². The van der Waals surface area contributed by atoms with Crippen LogP contribution in [0.5, 0.6) is 0 Å². The van der Waals surface area contributed by atoms with Gasteiger partial charge in [0.25, 0.3) is 0 Å². The van der Waals surface area contributed by atoms with E-state index in [0.717, 1.165) is 24.0 Å². The molecule has 0 bridgehead atoms. The summed E-state index contributed by atoms with van der Waals surface area (Å²) in [6.45, 7) is 7.58.